The van der Waals surface area contributed by atoms with Crippen LogP contribution in [0.2, 0.25) is 0 Å². The summed E-state index contributed by atoms with van der Waals surface area (Å²) in [4.78, 5) is 0. The van der Waals surface area contributed by atoms with Crippen molar-refractivity contribution < 1.29 is 4.74 Å². The van der Waals surface area contributed by atoms with Gasteiger partial charge in [-0.3, -0.25) is 0 Å². The van der Waals surface area contributed by atoms with Gasteiger partial charge in [-0.25, -0.2) is 0 Å². The minimum atomic E-state index is 0.116. The average molecular weight is 273 g/mol. The molecular weight excluding hydrogens is 246 g/mol. The molecule has 3 rings (SSSR count). The third kappa shape index (κ3) is 2.14. The lowest BCUT2D eigenvalue weighted by atomic mass is 9.61. The van der Waals surface area contributed by atoms with Crippen molar-refractivity contribution in [1.29, 1.82) is 0 Å². The third-order valence-electron chi connectivity index (χ3n) is 5.35. The van der Waals surface area contributed by atoms with Gasteiger partial charge in [-0.05, 0) is 29.9 Å². The van der Waals surface area contributed by atoms with E-state index in [1.165, 1.54) is 31.2 Å². The number of ether oxygens (including phenoxy) is 1. The highest BCUT2D eigenvalue weighted by molar-refractivity contribution is 5.39. The number of nitrogens with two attached hydrogens (primary N) is 1. The van der Waals surface area contributed by atoms with Crippen LogP contribution in [0, 0.1) is 5.41 Å². The van der Waals surface area contributed by atoms with E-state index in [9.17, 15) is 0 Å². The fraction of sp³-hybridized carbons (Fsp3) is 0.667. The number of para-hydroxylation sites is 1. The van der Waals surface area contributed by atoms with Gasteiger partial charge in [0.15, 0.2) is 0 Å². The predicted octanol–water partition coefficient (Wildman–Crippen LogP) is 4.02. The summed E-state index contributed by atoms with van der Waals surface area (Å²) in [5.74, 6) is 1.06. The number of benzene rings is 1. The van der Waals surface area contributed by atoms with E-state index in [-0.39, 0.29) is 10.8 Å². The molecule has 1 aromatic rings. The molecule has 110 valence electrons. The first-order chi connectivity index (χ1) is 9.43. The molecule has 0 amide bonds. The molecule has 2 atom stereocenters. The van der Waals surface area contributed by atoms with Crippen molar-refractivity contribution in [2.75, 3.05) is 0 Å². The van der Waals surface area contributed by atoms with Crippen LogP contribution in [0.15, 0.2) is 24.3 Å². The van der Waals surface area contributed by atoms with Gasteiger partial charge in [-0.2, -0.15) is 0 Å². The summed E-state index contributed by atoms with van der Waals surface area (Å²) < 4.78 is 6.44. The van der Waals surface area contributed by atoms with Gasteiger partial charge in [0.05, 0.1) is 0 Å². The molecule has 2 saturated carbocycles. The van der Waals surface area contributed by atoms with E-state index in [2.05, 4.69) is 45.0 Å². The van der Waals surface area contributed by atoms with Crippen LogP contribution in [0.4, 0.5) is 0 Å². The van der Waals surface area contributed by atoms with Gasteiger partial charge in [0.2, 0.25) is 0 Å². The number of hydrogen-bond acceptors (Lipinski definition) is 2. The standard InChI is InChI=1S/C18H27NO/c1-17(2,3)13-8-4-5-9-14(13)20-16-12-15(19)18(16)10-6-7-11-18/h4-5,8-9,15-16H,6-7,10-12,19H2,1-3H3. The third-order valence-corrected chi connectivity index (χ3v) is 5.35. The zero-order chi connectivity index (χ0) is 14.4. The second-order valence-corrected chi connectivity index (χ2v) is 7.64. The summed E-state index contributed by atoms with van der Waals surface area (Å²) >= 11 is 0. The Labute approximate surface area is 122 Å². The summed E-state index contributed by atoms with van der Waals surface area (Å²) in [5.41, 5.74) is 7.99. The van der Waals surface area contributed by atoms with E-state index >= 15 is 0 Å². The van der Waals surface area contributed by atoms with Crippen molar-refractivity contribution in [2.24, 2.45) is 11.1 Å². The van der Waals surface area contributed by atoms with E-state index in [0.717, 1.165) is 12.2 Å². The molecule has 20 heavy (non-hydrogen) atoms. The van der Waals surface area contributed by atoms with Crippen LogP contribution in [0.25, 0.3) is 0 Å². The molecule has 0 aliphatic heterocycles. The fourth-order valence-corrected chi connectivity index (χ4v) is 4.01. The monoisotopic (exact) mass is 273 g/mol. The molecule has 2 heteroatoms. The van der Waals surface area contributed by atoms with Gasteiger partial charge in [0.1, 0.15) is 11.9 Å². The molecule has 2 fully saturated rings. The summed E-state index contributed by atoms with van der Waals surface area (Å²) in [6.07, 6.45) is 6.46. The van der Waals surface area contributed by atoms with E-state index in [4.69, 9.17) is 10.5 Å². The summed E-state index contributed by atoms with van der Waals surface area (Å²) in [7, 11) is 0. The number of hydrogen-bond donors (Lipinski definition) is 1. The van der Waals surface area contributed by atoms with Crippen LogP contribution in [-0.4, -0.2) is 12.1 Å². The molecule has 0 heterocycles. The van der Waals surface area contributed by atoms with Gasteiger partial charge < -0.3 is 10.5 Å². The Balaban J connectivity index is 1.83. The van der Waals surface area contributed by atoms with Crippen molar-refractivity contribution in [3.63, 3.8) is 0 Å². The van der Waals surface area contributed by atoms with Gasteiger partial charge in [0, 0.05) is 17.9 Å². The lowest BCUT2D eigenvalue weighted by Gasteiger charge is -2.52. The maximum absolute atomic E-state index is 6.44. The molecule has 2 aliphatic carbocycles. The highest BCUT2D eigenvalue weighted by Gasteiger charge is 2.56. The summed E-state index contributed by atoms with van der Waals surface area (Å²) in [6, 6.07) is 8.83. The highest BCUT2D eigenvalue weighted by Crippen LogP contribution is 2.54. The molecule has 2 aliphatic rings. The minimum Gasteiger partial charge on any atom is -0.489 e. The van der Waals surface area contributed by atoms with Crippen molar-refractivity contribution in [2.45, 2.75) is 70.4 Å². The van der Waals surface area contributed by atoms with Crippen LogP contribution >= 0.6 is 0 Å². The molecule has 1 spiro atoms. The zero-order valence-electron chi connectivity index (χ0n) is 13.0. The van der Waals surface area contributed by atoms with Crippen LogP contribution in [0.5, 0.6) is 5.75 Å². The first-order valence-corrected chi connectivity index (χ1v) is 7.95. The first kappa shape index (κ1) is 13.9. The van der Waals surface area contributed by atoms with Crippen molar-refractivity contribution >= 4 is 0 Å². The maximum Gasteiger partial charge on any atom is 0.123 e. The second kappa shape index (κ2) is 4.77. The Hall–Kier alpha value is -1.02. The largest absolute Gasteiger partial charge is 0.489 e. The average Bonchev–Trinajstić information content (AvgIpc) is 2.90. The van der Waals surface area contributed by atoms with E-state index in [1.54, 1.807) is 0 Å². The van der Waals surface area contributed by atoms with Crippen LogP contribution in [0.3, 0.4) is 0 Å². The lowest BCUT2D eigenvalue weighted by Crippen LogP contribution is -2.62. The molecule has 1 aromatic carbocycles. The Morgan fingerprint density at radius 1 is 1.15 bits per heavy atom. The van der Waals surface area contributed by atoms with Gasteiger partial charge in [-0.15, -0.1) is 0 Å². The smallest absolute Gasteiger partial charge is 0.123 e. The van der Waals surface area contributed by atoms with Crippen molar-refractivity contribution in [3.05, 3.63) is 29.8 Å². The molecule has 0 bridgehead atoms. The zero-order valence-corrected chi connectivity index (χ0v) is 13.0. The van der Waals surface area contributed by atoms with Crippen LogP contribution in [0.1, 0.15) is 58.4 Å². The molecular formula is C18H27NO. The Morgan fingerprint density at radius 3 is 2.40 bits per heavy atom. The van der Waals surface area contributed by atoms with Crippen LogP contribution in [-0.2, 0) is 5.41 Å². The molecule has 2 N–H and O–H groups in total. The molecule has 0 aromatic heterocycles. The minimum absolute atomic E-state index is 0.116. The predicted molar refractivity (Wildman–Crippen MR) is 83.1 cm³/mol. The maximum atomic E-state index is 6.44. The van der Waals surface area contributed by atoms with Gasteiger partial charge >= 0.3 is 0 Å². The molecule has 2 unspecified atom stereocenters. The van der Waals surface area contributed by atoms with E-state index < -0.39 is 0 Å². The Bertz CT molecular complexity index is 482. The Kier molecular flexibility index (Phi) is 3.32. The van der Waals surface area contributed by atoms with Crippen molar-refractivity contribution in [3.8, 4) is 5.75 Å². The molecule has 0 radical (unpaired) electrons. The Morgan fingerprint density at radius 2 is 1.80 bits per heavy atom. The molecule has 0 saturated heterocycles. The fourth-order valence-electron chi connectivity index (χ4n) is 4.01. The van der Waals surface area contributed by atoms with Gasteiger partial charge in [0.25, 0.3) is 0 Å². The SMILES string of the molecule is CC(C)(C)c1ccccc1OC1CC(N)C12CCCC2. The topological polar surface area (TPSA) is 35.2 Å². The van der Waals surface area contributed by atoms with E-state index in [0.29, 0.717) is 12.1 Å². The summed E-state index contributed by atoms with van der Waals surface area (Å²) in [6.45, 7) is 6.73. The normalized spacial score (nSPS) is 28.4. The quantitative estimate of drug-likeness (QED) is 0.883. The van der Waals surface area contributed by atoms with Crippen molar-refractivity contribution in [1.82, 2.24) is 0 Å². The summed E-state index contributed by atoms with van der Waals surface area (Å²) in [5, 5.41) is 0. The highest BCUT2D eigenvalue weighted by atomic mass is 16.5. The number of rotatable bonds is 2. The first-order valence-electron chi connectivity index (χ1n) is 7.95. The lowest BCUT2D eigenvalue weighted by molar-refractivity contribution is -0.0627. The second-order valence-electron chi connectivity index (χ2n) is 7.64. The van der Waals surface area contributed by atoms with E-state index in [1.807, 2.05) is 0 Å². The van der Waals surface area contributed by atoms with Gasteiger partial charge in [-0.1, -0.05) is 51.8 Å². The van der Waals surface area contributed by atoms with Crippen LogP contribution < -0.4 is 10.5 Å². The molecule has 2 nitrogen and oxygen atoms in total.